The van der Waals surface area contributed by atoms with Crippen molar-refractivity contribution < 1.29 is 13.5 Å². The van der Waals surface area contributed by atoms with Crippen LogP contribution in [-0.2, 0) is 10.0 Å². The Morgan fingerprint density at radius 3 is 2.65 bits per heavy atom. The van der Waals surface area contributed by atoms with Gasteiger partial charge < -0.3 is 10.8 Å². The zero-order valence-corrected chi connectivity index (χ0v) is 12.8. The van der Waals surface area contributed by atoms with Crippen molar-refractivity contribution in [3.05, 3.63) is 23.8 Å². The molecule has 0 aromatic heterocycles. The standard InChI is InChI=1S/C14H22N2O3S/c1-11-5-3-6-12(15)13(11)20(18,19)16-9-4-7-14(2,17)8-10-16/h3,5-6,17H,4,7-10,15H2,1-2H3. The summed E-state index contributed by atoms with van der Waals surface area (Å²) in [5, 5.41) is 10.1. The Hall–Kier alpha value is -1.11. The second kappa shape index (κ2) is 5.35. The maximum atomic E-state index is 12.8. The molecule has 3 N–H and O–H groups in total. The molecule has 0 radical (unpaired) electrons. The predicted molar refractivity (Wildman–Crippen MR) is 78.8 cm³/mol. The molecule has 1 atom stereocenters. The lowest BCUT2D eigenvalue weighted by Crippen LogP contribution is -2.34. The Bertz CT molecular complexity index is 576. The van der Waals surface area contributed by atoms with Gasteiger partial charge in [-0.2, -0.15) is 4.31 Å². The monoisotopic (exact) mass is 298 g/mol. The van der Waals surface area contributed by atoms with Gasteiger partial charge in [-0.25, -0.2) is 8.42 Å². The highest BCUT2D eigenvalue weighted by Crippen LogP contribution is 2.29. The number of hydrogen-bond acceptors (Lipinski definition) is 4. The van der Waals surface area contributed by atoms with E-state index in [2.05, 4.69) is 0 Å². The molecule has 0 aliphatic carbocycles. The molecule has 5 nitrogen and oxygen atoms in total. The molecule has 1 unspecified atom stereocenters. The largest absolute Gasteiger partial charge is 0.398 e. The van der Waals surface area contributed by atoms with Crippen LogP contribution in [0.15, 0.2) is 23.1 Å². The lowest BCUT2D eigenvalue weighted by molar-refractivity contribution is 0.0465. The predicted octanol–water partition coefficient (Wildman–Crippen LogP) is 1.50. The van der Waals surface area contributed by atoms with Crippen molar-refractivity contribution in [1.82, 2.24) is 4.31 Å². The molecule has 0 amide bonds. The Morgan fingerprint density at radius 2 is 2.00 bits per heavy atom. The van der Waals surface area contributed by atoms with Gasteiger partial charge in [0.05, 0.1) is 11.3 Å². The van der Waals surface area contributed by atoms with Crippen LogP contribution in [0.3, 0.4) is 0 Å². The molecule has 1 aromatic rings. The summed E-state index contributed by atoms with van der Waals surface area (Å²) in [6.07, 6.45) is 1.71. The normalized spacial score (nSPS) is 25.4. The van der Waals surface area contributed by atoms with E-state index in [0.29, 0.717) is 37.9 Å². The molecule has 1 aliphatic heterocycles. The van der Waals surface area contributed by atoms with E-state index in [4.69, 9.17) is 5.73 Å². The Morgan fingerprint density at radius 1 is 1.30 bits per heavy atom. The highest BCUT2D eigenvalue weighted by Gasteiger charge is 2.33. The van der Waals surface area contributed by atoms with Gasteiger partial charge >= 0.3 is 0 Å². The molecule has 1 fully saturated rings. The van der Waals surface area contributed by atoms with E-state index in [-0.39, 0.29) is 10.6 Å². The van der Waals surface area contributed by atoms with Crippen LogP contribution in [0.5, 0.6) is 0 Å². The summed E-state index contributed by atoms with van der Waals surface area (Å²) in [7, 11) is -3.60. The van der Waals surface area contributed by atoms with Crippen LogP contribution in [-0.4, -0.2) is 36.5 Å². The fraction of sp³-hybridized carbons (Fsp3) is 0.571. The average Bonchev–Trinajstić information content (AvgIpc) is 2.50. The zero-order chi connectivity index (χ0) is 15.0. The quantitative estimate of drug-likeness (QED) is 0.811. The minimum absolute atomic E-state index is 0.196. The second-order valence-corrected chi connectivity index (χ2v) is 7.62. The van der Waals surface area contributed by atoms with Crippen LogP contribution in [0.4, 0.5) is 5.69 Å². The third kappa shape index (κ3) is 2.97. The molecule has 20 heavy (non-hydrogen) atoms. The summed E-state index contributed by atoms with van der Waals surface area (Å²) in [4.78, 5) is 0.196. The number of aliphatic hydroxyl groups is 1. The average molecular weight is 298 g/mol. The Balaban J connectivity index is 2.36. The molecular weight excluding hydrogens is 276 g/mol. The van der Waals surface area contributed by atoms with E-state index in [9.17, 15) is 13.5 Å². The number of nitrogens with zero attached hydrogens (tertiary/aromatic N) is 1. The number of hydrogen-bond donors (Lipinski definition) is 2. The van der Waals surface area contributed by atoms with Gasteiger partial charge in [-0.3, -0.25) is 0 Å². The van der Waals surface area contributed by atoms with Crippen molar-refractivity contribution in [2.75, 3.05) is 18.8 Å². The second-order valence-electron chi connectivity index (χ2n) is 5.75. The van der Waals surface area contributed by atoms with E-state index >= 15 is 0 Å². The van der Waals surface area contributed by atoms with Gasteiger partial charge in [-0.05, 0) is 44.7 Å². The first-order valence-corrected chi connectivity index (χ1v) is 8.26. The van der Waals surface area contributed by atoms with Crippen molar-refractivity contribution in [2.45, 2.75) is 43.6 Å². The fourth-order valence-corrected chi connectivity index (χ4v) is 4.44. The van der Waals surface area contributed by atoms with Crippen LogP contribution in [0.2, 0.25) is 0 Å². The number of aryl methyl sites for hydroxylation is 1. The lowest BCUT2D eigenvalue weighted by Gasteiger charge is -2.23. The van der Waals surface area contributed by atoms with Crippen LogP contribution in [0.1, 0.15) is 31.7 Å². The summed E-state index contributed by atoms with van der Waals surface area (Å²) in [5.74, 6) is 0. The topological polar surface area (TPSA) is 83.6 Å². The van der Waals surface area contributed by atoms with Gasteiger partial charge in [-0.1, -0.05) is 12.1 Å². The molecule has 0 bridgehead atoms. The molecule has 0 saturated carbocycles. The fourth-order valence-electron chi connectivity index (χ4n) is 2.64. The third-order valence-corrected chi connectivity index (χ3v) is 5.98. The van der Waals surface area contributed by atoms with E-state index in [1.807, 2.05) is 0 Å². The minimum atomic E-state index is -3.60. The molecule has 1 aliphatic rings. The van der Waals surface area contributed by atoms with Gasteiger partial charge in [0.25, 0.3) is 0 Å². The zero-order valence-electron chi connectivity index (χ0n) is 12.0. The van der Waals surface area contributed by atoms with Gasteiger partial charge in [-0.15, -0.1) is 0 Å². The first kappa shape index (κ1) is 15.3. The van der Waals surface area contributed by atoms with Crippen molar-refractivity contribution in [3.63, 3.8) is 0 Å². The summed E-state index contributed by atoms with van der Waals surface area (Å²) in [6.45, 7) is 4.25. The third-order valence-electron chi connectivity index (χ3n) is 3.86. The number of rotatable bonds is 2. The molecule has 1 aromatic carbocycles. The van der Waals surface area contributed by atoms with Crippen molar-refractivity contribution in [1.29, 1.82) is 0 Å². The van der Waals surface area contributed by atoms with Crippen LogP contribution in [0.25, 0.3) is 0 Å². The molecule has 2 rings (SSSR count). The SMILES string of the molecule is Cc1cccc(N)c1S(=O)(=O)N1CCCC(C)(O)CC1. The molecule has 6 heteroatoms. The highest BCUT2D eigenvalue weighted by molar-refractivity contribution is 7.89. The van der Waals surface area contributed by atoms with E-state index in [1.54, 1.807) is 32.0 Å². The number of anilines is 1. The van der Waals surface area contributed by atoms with Crippen molar-refractivity contribution in [2.24, 2.45) is 0 Å². The molecule has 1 heterocycles. The minimum Gasteiger partial charge on any atom is -0.398 e. The summed E-state index contributed by atoms with van der Waals surface area (Å²) >= 11 is 0. The van der Waals surface area contributed by atoms with Crippen molar-refractivity contribution >= 4 is 15.7 Å². The molecular formula is C14H22N2O3S. The van der Waals surface area contributed by atoms with Gasteiger partial charge in [0, 0.05) is 13.1 Å². The molecule has 0 spiro atoms. The first-order chi connectivity index (χ1) is 9.24. The van der Waals surface area contributed by atoms with Crippen molar-refractivity contribution in [3.8, 4) is 0 Å². The number of nitrogens with two attached hydrogens (primary N) is 1. The van der Waals surface area contributed by atoms with E-state index < -0.39 is 15.6 Å². The number of sulfonamides is 1. The highest BCUT2D eigenvalue weighted by atomic mass is 32.2. The maximum Gasteiger partial charge on any atom is 0.245 e. The summed E-state index contributed by atoms with van der Waals surface area (Å²) in [6, 6.07) is 5.10. The lowest BCUT2D eigenvalue weighted by atomic mass is 9.98. The van der Waals surface area contributed by atoms with E-state index in [1.165, 1.54) is 4.31 Å². The van der Waals surface area contributed by atoms with Crippen LogP contribution in [0, 0.1) is 6.92 Å². The smallest absolute Gasteiger partial charge is 0.245 e. The summed E-state index contributed by atoms with van der Waals surface area (Å²) < 4.78 is 27.0. The van der Waals surface area contributed by atoms with Crippen LogP contribution < -0.4 is 5.73 Å². The first-order valence-electron chi connectivity index (χ1n) is 6.82. The van der Waals surface area contributed by atoms with Crippen LogP contribution >= 0.6 is 0 Å². The maximum absolute atomic E-state index is 12.8. The molecule has 1 saturated heterocycles. The number of benzene rings is 1. The Labute approximate surface area is 120 Å². The van der Waals surface area contributed by atoms with Gasteiger partial charge in [0.2, 0.25) is 10.0 Å². The number of nitrogen functional groups attached to an aromatic ring is 1. The Kier molecular flexibility index (Phi) is 4.09. The van der Waals surface area contributed by atoms with Gasteiger partial charge in [0.1, 0.15) is 4.90 Å². The summed E-state index contributed by atoms with van der Waals surface area (Å²) in [5.41, 5.74) is 5.99. The van der Waals surface area contributed by atoms with E-state index in [0.717, 1.165) is 0 Å². The van der Waals surface area contributed by atoms with Gasteiger partial charge in [0.15, 0.2) is 0 Å². The molecule has 112 valence electrons.